The van der Waals surface area contributed by atoms with Gasteiger partial charge in [-0.3, -0.25) is 5.32 Å². The van der Waals surface area contributed by atoms with E-state index in [1.165, 1.54) is 11.3 Å². The highest BCUT2D eigenvalue weighted by Crippen LogP contribution is 2.28. The fourth-order valence-corrected chi connectivity index (χ4v) is 3.27. The van der Waals surface area contributed by atoms with Crippen molar-refractivity contribution in [3.8, 4) is 10.6 Å². The number of halogens is 2. The summed E-state index contributed by atoms with van der Waals surface area (Å²) in [7, 11) is 0. The molecule has 0 saturated carbocycles. The maximum absolute atomic E-state index is 13.1. The molecule has 1 fully saturated rings. The molecule has 1 aliphatic rings. The van der Waals surface area contributed by atoms with E-state index in [0.29, 0.717) is 10.1 Å². The van der Waals surface area contributed by atoms with Gasteiger partial charge in [-0.15, -0.1) is 10.2 Å². The zero-order valence-electron chi connectivity index (χ0n) is 12.7. The van der Waals surface area contributed by atoms with Gasteiger partial charge in [0.15, 0.2) is 12.3 Å². The van der Waals surface area contributed by atoms with Crippen LogP contribution >= 0.6 is 11.3 Å². The normalized spacial score (nSPS) is 20.8. The van der Waals surface area contributed by atoms with E-state index in [1.807, 2.05) is 26.0 Å². The molecule has 2 amide bonds. The van der Waals surface area contributed by atoms with Crippen LogP contribution in [0.3, 0.4) is 0 Å². The maximum atomic E-state index is 13.1. The first kappa shape index (κ1) is 15.8. The number of carbonyl (C=O) groups is 1. The number of rotatable bonds is 2. The molecule has 0 radical (unpaired) electrons. The number of hydrogen-bond donors (Lipinski definition) is 1. The van der Waals surface area contributed by atoms with Gasteiger partial charge in [-0.1, -0.05) is 28.5 Å². The van der Waals surface area contributed by atoms with E-state index >= 15 is 0 Å². The largest absolute Gasteiger partial charge is 0.323 e. The summed E-state index contributed by atoms with van der Waals surface area (Å²) in [5.74, 6) is 0. The molecule has 0 unspecified atom stereocenters. The molecule has 0 spiro atoms. The van der Waals surface area contributed by atoms with Crippen molar-refractivity contribution >= 4 is 22.5 Å². The molecule has 1 N–H and O–H groups in total. The van der Waals surface area contributed by atoms with Gasteiger partial charge in [0.2, 0.25) is 5.13 Å². The summed E-state index contributed by atoms with van der Waals surface area (Å²) in [6.45, 7) is 3.51. The van der Waals surface area contributed by atoms with Gasteiger partial charge in [0.1, 0.15) is 5.01 Å². The molecule has 1 aromatic heterocycles. The summed E-state index contributed by atoms with van der Waals surface area (Å²) in [5.41, 5.74) is 3.15. The number of aryl methyl sites for hydroxylation is 2. The minimum absolute atomic E-state index is 0.240. The number of likely N-dealkylation sites (tertiary alicyclic amines) is 1. The molecular formula is C15H16F2N4OS. The molecule has 23 heavy (non-hydrogen) atoms. The number of hydrogen-bond acceptors (Lipinski definition) is 4. The van der Waals surface area contributed by atoms with Crippen molar-refractivity contribution in [3.63, 3.8) is 0 Å². The third-order valence-corrected chi connectivity index (χ3v) is 4.46. The number of anilines is 1. The number of urea groups is 1. The van der Waals surface area contributed by atoms with Gasteiger partial charge in [0, 0.05) is 5.56 Å². The molecule has 2 atom stereocenters. The Bertz CT molecular complexity index is 706. The van der Waals surface area contributed by atoms with Crippen molar-refractivity contribution in [1.82, 2.24) is 15.1 Å². The monoisotopic (exact) mass is 338 g/mol. The number of amides is 2. The van der Waals surface area contributed by atoms with Crippen LogP contribution < -0.4 is 5.32 Å². The van der Waals surface area contributed by atoms with E-state index < -0.39 is 18.4 Å². The van der Waals surface area contributed by atoms with Crippen LogP contribution in [0.1, 0.15) is 11.1 Å². The van der Waals surface area contributed by atoms with Gasteiger partial charge < -0.3 is 4.90 Å². The molecule has 2 aromatic rings. The lowest BCUT2D eigenvalue weighted by Gasteiger charge is -2.13. The quantitative estimate of drug-likeness (QED) is 0.913. The van der Waals surface area contributed by atoms with Crippen LogP contribution in [0.4, 0.5) is 18.7 Å². The standard InChI is InChI=1S/C15H16F2N4OS/c1-8-3-9(2)5-10(4-8)13-19-20-14(23-13)18-15(22)21-6-11(16)12(17)7-21/h3-5,11-12H,6-7H2,1-2H3,(H,18,20,22)/t11-,12+. The smallest absolute Gasteiger partial charge is 0.318 e. The highest BCUT2D eigenvalue weighted by molar-refractivity contribution is 7.18. The Kier molecular flexibility index (Phi) is 4.25. The average Bonchev–Trinajstić information content (AvgIpc) is 3.06. The summed E-state index contributed by atoms with van der Waals surface area (Å²) in [6, 6.07) is 5.47. The topological polar surface area (TPSA) is 58.1 Å². The molecule has 0 bridgehead atoms. The second kappa shape index (κ2) is 6.19. The molecule has 1 saturated heterocycles. The second-order valence-corrected chi connectivity index (χ2v) is 6.63. The zero-order chi connectivity index (χ0) is 16.6. The Morgan fingerprint density at radius 3 is 2.39 bits per heavy atom. The lowest BCUT2D eigenvalue weighted by Crippen LogP contribution is -2.33. The van der Waals surface area contributed by atoms with Crippen LogP contribution in [-0.4, -0.2) is 46.6 Å². The van der Waals surface area contributed by atoms with Crippen LogP contribution in [0.15, 0.2) is 18.2 Å². The summed E-state index contributed by atoms with van der Waals surface area (Å²) < 4.78 is 26.3. The zero-order valence-corrected chi connectivity index (χ0v) is 13.5. The molecule has 2 heterocycles. The Hall–Kier alpha value is -2.09. The van der Waals surface area contributed by atoms with E-state index in [2.05, 4.69) is 21.6 Å². The van der Waals surface area contributed by atoms with Gasteiger partial charge >= 0.3 is 6.03 Å². The minimum Gasteiger partial charge on any atom is -0.318 e. The van der Waals surface area contributed by atoms with Crippen molar-refractivity contribution in [3.05, 3.63) is 29.3 Å². The van der Waals surface area contributed by atoms with Crippen LogP contribution in [-0.2, 0) is 0 Å². The van der Waals surface area contributed by atoms with E-state index in [1.54, 1.807) is 0 Å². The molecule has 1 aliphatic heterocycles. The van der Waals surface area contributed by atoms with Crippen molar-refractivity contribution in [1.29, 1.82) is 0 Å². The molecule has 3 rings (SSSR count). The van der Waals surface area contributed by atoms with E-state index in [4.69, 9.17) is 0 Å². The van der Waals surface area contributed by atoms with Crippen LogP contribution in [0.5, 0.6) is 0 Å². The highest BCUT2D eigenvalue weighted by Gasteiger charge is 2.35. The molecule has 1 aromatic carbocycles. The van der Waals surface area contributed by atoms with Gasteiger partial charge in [0.05, 0.1) is 13.1 Å². The lowest BCUT2D eigenvalue weighted by atomic mass is 10.1. The predicted octanol–water partition coefficient (Wildman–Crippen LogP) is 3.35. The maximum Gasteiger partial charge on any atom is 0.323 e. The number of benzene rings is 1. The molecule has 8 heteroatoms. The van der Waals surface area contributed by atoms with Crippen molar-refractivity contribution < 1.29 is 13.6 Å². The minimum atomic E-state index is -1.62. The predicted molar refractivity (Wildman–Crippen MR) is 85.2 cm³/mol. The van der Waals surface area contributed by atoms with Crippen LogP contribution in [0.25, 0.3) is 10.6 Å². The SMILES string of the molecule is Cc1cc(C)cc(-c2nnc(NC(=O)N3C[C@@H](F)[C@@H](F)C3)s2)c1. The number of alkyl halides is 2. The van der Waals surface area contributed by atoms with Crippen LogP contribution in [0.2, 0.25) is 0 Å². The molecular weight excluding hydrogens is 322 g/mol. The number of nitrogens with zero attached hydrogens (tertiary/aromatic N) is 3. The summed E-state index contributed by atoms with van der Waals surface area (Å²) in [4.78, 5) is 13.1. The Balaban J connectivity index is 1.71. The number of carbonyl (C=O) groups excluding carboxylic acids is 1. The first-order chi connectivity index (χ1) is 10.9. The Labute approximate surface area is 136 Å². The highest BCUT2D eigenvalue weighted by atomic mass is 32.1. The van der Waals surface area contributed by atoms with Crippen molar-refractivity contribution in [2.24, 2.45) is 0 Å². The lowest BCUT2D eigenvalue weighted by molar-refractivity contribution is 0.217. The van der Waals surface area contributed by atoms with E-state index in [9.17, 15) is 13.6 Å². The van der Waals surface area contributed by atoms with Gasteiger partial charge in [-0.2, -0.15) is 0 Å². The number of nitrogens with one attached hydrogen (secondary N) is 1. The Morgan fingerprint density at radius 1 is 1.17 bits per heavy atom. The summed E-state index contributed by atoms with van der Waals surface area (Å²) >= 11 is 1.22. The first-order valence-electron chi connectivity index (χ1n) is 7.18. The van der Waals surface area contributed by atoms with Gasteiger partial charge in [0.25, 0.3) is 0 Å². The fraction of sp³-hybridized carbons (Fsp3) is 0.400. The third-order valence-electron chi connectivity index (χ3n) is 3.58. The fourth-order valence-electron chi connectivity index (χ4n) is 2.55. The van der Waals surface area contributed by atoms with Gasteiger partial charge in [-0.25, -0.2) is 13.6 Å². The Morgan fingerprint density at radius 2 is 1.78 bits per heavy atom. The molecule has 122 valence electrons. The van der Waals surface area contributed by atoms with Gasteiger partial charge in [-0.05, 0) is 26.0 Å². The first-order valence-corrected chi connectivity index (χ1v) is 8.00. The molecule has 5 nitrogen and oxygen atoms in total. The number of aromatic nitrogens is 2. The van der Waals surface area contributed by atoms with Crippen molar-refractivity contribution in [2.75, 3.05) is 18.4 Å². The average molecular weight is 338 g/mol. The second-order valence-electron chi connectivity index (χ2n) is 5.66. The van der Waals surface area contributed by atoms with Crippen molar-refractivity contribution in [2.45, 2.75) is 26.2 Å². The summed E-state index contributed by atoms with van der Waals surface area (Å²) in [6.07, 6.45) is -3.25. The van der Waals surface area contributed by atoms with E-state index in [-0.39, 0.29) is 13.1 Å². The van der Waals surface area contributed by atoms with E-state index in [0.717, 1.165) is 21.6 Å². The third kappa shape index (κ3) is 3.47. The molecule has 0 aliphatic carbocycles. The summed E-state index contributed by atoms with van der Waals surface area (Å²) in [5, 5.41) is 11.5. The van der Waals surface area contributed by atoms with Crippen LogP contribution in [0, 0.1) is 13.8 Å².